The van der Waals surface area contributed by atoms with Crippen LogP contribution in [0.1, 0.15) is 36.9 Å². The van der Waals surface area contributed by atoms with Crippen molar-refractivity contribution >= 4 is 17.8 Å². The molecule has 1 fully saturated rings. The number of hydrogen-bond acceptors (Lipinski definition) is 7. The van der Waals surface area contributed by atoms with Crippen LogP contribution in [0.3, 0.4) is 0 Å². The molecule has 1 saturated heterocycles. The summed E-state index contributed by atoms with van der Waals surface area (Å²) in [5.74, 6) is 0.786. The predicted molar refractivity (Wildman–Crippen MR) is 145 cm³/mol. The highest BCUT2D eigenvalue weighted by Crippen LogP contribution is 2.20. The van der Waals surface area contributed by atoms with Gasteiger partial charge in [-0.2, -0.15) is 0 Å². The molecule has 0 radical (unpaired) electrons. The van der Waals surface area contributed by atoms with Gasteiger partial charge in [0.25, 0.3) is 0 Å². The van der Waals surface area contributed by atoms with Gasteiger partial charge in [-0.15, -0.1) is 0 Å². The Bertz CT molecular complexity index is 1030. The highest BCUT2D eigenvalue weighted by molar-refractivity contribution is 5.82. The number of aliphatic carboxylic acids is 1. The summed E-state index contributed by atoms with van der Waals surface area (Å²) < 4.78 is 10.9. The number of para-hydroxylation sites is 1. The number of pyridine rings is 1. The first-order valence-electron chi connectivity index (χ1n) is 13.6. The third-order valence-corrected chi connectivity index (χ3v) is 6.84. The summed E-state index contributed by atoms with van der Waals surface area (Å²) >= 11 is 0. The van der Waals surface area contributed by atoms with E-state index in [-0.39, 0.29) is 6.04 Å². The summed E-state index contributed by atoms with van der Waals surface area (Å²) in [6.45, 7) is 4.38. The number of benzene rings is 1. The number of urea groups is 1. The van der Waals surface area contributed by atoms with Crippen LogP contribution in [0.25, 0.3) is 0 Å². The van der Waals surface area contributed by atoms with Gasteiger partial charge in [0.05, 0.1) is 19.3 Å². The van der Waals surface area contributed by atoms with Gasteiger partial charge in [0.1, 0.15) is 24.2 Å². The van der Waals surface area contributed by atoms with E-state index in [1.165, 1.54) is 5.56 Å². The highest BCUT2D eigenvalue weighted by atomic mass is 16.5. The van der Waals surface area contributed by atoms with Crippen molar-refractivity contribution in [3.8, 4) is 5.75 Å². The van der Waals surface area contributed by atoms with Crippen LogP contribution < -0.4 is 20.7 Å². The number of ether oxygens (including phenoxy) is 2. The number of carbonyl (C=O) groups excluding carboxylic acids is 1. The lowest BCUT2D eigenvalue weighted by molar-refractivity contribution is -0.139. The van der Waals surface area contributed by atoms with E-state index in [4.69, 9.17) is 14.5 Å². The van der Waals surface area contributed by atoms with Gasteiger partial charge in [0, 0.05) is 25.3 Å². The minimum absolute atomic E-state index is 0.0588. The Morgan fingerprint density at radius 2 is 1.97 bits per heavy atom. The quantitative estimate of drug-likeness (QED) is 0.262. The molecule has 0 bridgehead atoms. The summed E-state index contributed by atoms with van der Waals surface area (Å²) in [4.78, 5) is 31.0. The maximum atomic E-state index is 12.2. The molecule has 2 aromatic rings. The lowest BCUT2D eigenvalue weighted by Crippen LogP contribution is -2.55. The number of amides is 2. The topological polar surface area (TPSA) is 125 Å². The first-order valence-corrected chi connectivity index (χ1v) is 13.6. The van der Waals surface area contributed by atoms with Gasteiger partial charge in [-0.3, -0.25) is 4.90 Å². The number of carboxylic acids is 1. The number of rotatable bonds is 15. The molecule has 0 spiro atoms. The smallest absolute Gasteiger partial charge is 0.326 e. The summed E-state index contributed by atoms with van der Waals surface area (Å²) in [5.41, 5.74) is 2.39. The predicted octanol–water partition coefficient (Wildman–Crippen LogP) is 2.68. The number of nitrogens with one attached hydrogen (secondary N) is 3. The molecule has 206 valence electrons. The Labute approximate surface area is 224 Å². The Morgan fingerprint density at radius 3 is 2.74 bits per heavy atom. The van der Waals surface area contributed by atoms with Crippen molar-refractivity contribution in [3.63, 3.8) is 0 Å². The van der Waals surface area contributed by atoms with Gasteiger partial charge in [0.15, 0.2) is 0 Å². The van der Waals surface area contributed by atoms with Crippen molar-refractivity contribution in [1.29, 1.82) is 0 Å². The Kier molecular flexibility index (Phi) is 10.6. The number of carbonyl (C=O) groups is 2. The minimum Gasteiger partial charge on any atom is -0.492 e. The molecule has 2 aliphatic rings. The van der Waals surface area contributed by atoms with Crippen LogP contribution in [0.4, 0.5) is 10.6 Å². The van der Waals surface area contributed by atoms with Crippen LogP contribution in [0.15, 0.2) is 42.5 Å². The van der Waals surface area contributed by atoms with E-state index in [1.54, 1.807) is 0 Å². The lowest BCUT2D eigenvalue weighted by atomic mass is 10.1. The fraction of sp³-hybridized carbons (Fsp3) is 0.536. The molecule has 3 heterocycles. The average molecular weight is 526 g/mol. The molecule has 2 amide bonds. The molecule has 1 aromatic carbocycles. The Morgan fingerprint density at radius 1 is 1.13 bits per heavy atom. The first-order chi connectivity index (χ1) is 18.6. The van der Waals surface area contributed by atoms with E-state index in [1.807, 2.05) is 30.3 Å². The van der Waals surface area contributed by atoms with Gasteiger partial charge in [-0.05, 0) is 68.8 Å². The normalized spacial score (nSPS) is 15.6. The number of aryl methyl sites for hydroxylation is 2. The van der Waals surface area contributed by atoms with E-state index >= 15 is 0 Å². The van der Waals surface area contributed by atoms with E-state index in [2.05, 4.69) is 33.0 Å². The molecule has 0 saturated carbocycles. The van der Waals surface area contributed by atoms with Gasteiger partial charge in [-0.25, -0.2) is 14.6 Å². The fourth-order valence-electron chi connectivity index (χ4n) is 4.57. The molecule has 4 N–H and O–H groups in total. The highest BCUT2D eigenvalue weighted by Gasteiger charge is 2.25. The summed E-state index contributed by atoms with van der Waals surface area (Å²) in [7, 11) is 0. The van der Waals surface area contributed by atoms with Gasteiger partial charge in [0.2, 0.25) is 0 Å². The molecular weight excluding hydrogens is 486 g/mol. The zero-order chi connectivity index (χ0) is 26.6. The molecule has 10 nitrogen and oxygen atoms in total. The van der Waals surface area contributed by atoms with E-state index < -0.39 is 18.0 Å². The molecule has 4 rings (SSSR count). The molecule has 1 unspecified atom stereocenters. The van der Waals surface area contributed by atoms with Gasteiger partial charge >= 0.3 is 12.0 Å². The Hall–Kier alpha value is -3.37. The van der Waals surface area contributed by atoms with Crippen molar-refractivity contribution in [2.45, 2.75) is 50.6 Å². The van der Waals surface area contributed by atoms with Crippen molar-refractivity contribution in [3.05, 3.63) is 53.7 Å². The number of fused-ring (bicyclic) bond motifs is 1. The van der Waals surface area contributed by atoms with Crippen LogP contribution in [0.5, 0.6) is 5.75 Å². The van der Waals surface area contributed by atoms with Crippen molar-refractivity contribution in [1.82, 2.24) is 20.5 Å². The molecule has 2 aliphatic heterocycles. The van der Waals surface area contributed by atoms with Crippen molar-refractivity contribution < 1.29 is 24.2 Å². The summed E-state index contributed by atoms with van der Waals surface area (Å²) in [5, 5.41) is 18.4. The third kappa shape index (κ3) is 8.88. The second-order valence-electron chi connectivity index (χ2n) is 9.83. The zero-order valence-electron chi connectivity index (χ0n) is 21.9. The zero-order valence-corrected chi connectivity index (χ0v) is 21.9. The average Bonchev–Trinajstić information content (AvgIpc) is 2.91. The summed E-state index contributed by atoms with van der Waals surface area (Å²) in [6, 6.07) is 12.4. The number of aromatic nitrogens is 1. The van der Waals surface area contributed by atoms with E-state index in [0.717, 1.165) is 62.5 Å². The maximum Gasteiger partial charge on any atom is 0.326 e. The second kappa shape index (κ2) is 14.5. The van der Waals surface area contributed by atoms with Crippen LogP contribution in [-0.4, -0.2) is 85.1 Å². The standard InChI is InChI=1S/C28H39N5O5/c34-27(35)25(32-28(36)31-23-19-37-20-23)13-16-33(17-18-38-24-9-2-1-3-10-24)15-5-4-8-22-12-11-21-7-6-14-29-26(21)30-22/h1-3,9-12,23,25H,4-8,13-20H2,(H,29,30)(H,34,35)(H2,31,32,36). The molecule has 10 heteroatoms. The van der Waals surface area contributed by atoms with Gasteiger partial charge < -0.3 is 30.5 Å². The van der Waals surface area contributed by atoms with E-state index in [9.17, 15) is 14.7 Å². The molecular formula is C28H39N5O5. The van der Waals surface area contributed by atoms with Gasteiger partial charge in [-0.1, -0.05) is 24.3 Å². The second-order valence-corrected chi connectivity index (χ2v) is 9.83. The number of nitrogens with zero attached hydrogens (tertiary/aromatic N) is 2. The fourth-order valence-corrected chi connectivity index (χ4v) is 4.57. The van der Waals surface area contributed by atoms with Crippen molar-refractivity contribution in [2.24, 2.45) is 0 Å². The Balaban J connectivity index is 1.25. The number of hydrogen-bond donors (Lipinski definition) is 4. The van der Waals surface area contributed by atoms with Crippen molar-refractivity contribution in [2.75, 3.05) is 51.3 Å². The number of carboxylic acid groups (broad SMARTS) is 1. The number of anilines is 1. The molecule has 1 atom stereocenters. The largest absolute Gasteiger partial charge is 0.492 e. The maximum absolute atomic E-state index is 12.2. The van der Waals surface area contributed by atoms with Crippen LogP contribution in [-0.2, 0) is 22.4 Å². The van der Waals surface area contributed by atoms with Crippen LogP contribution in [0, 0.1) is 0 Å². The van der Waals surface area contributed by atoms with Crippen LogP contribution in [0.2, 0.25) is 0 Å². The SMILES string of the molecule is O=C(NC1COC1)NC(CCN(CCCCc1ccc2c(n1)NCCC2)CCOc1ccccc1)C(=O)O. The molecule has 0 aliphatic carbocycles. The molecule has 38 heavy (non-hydrogen) atoms. The first kappa shape index (κ1) is 27.7. The minimum atomic E-state index is -1.04. The third-order valence-electron chi connectivity index (χ3n) is 6.84. The molecule has 1 aromatic heterocycles. The van der Waals surface area contributed by atoms with Crippen LogP contribution >= 0.6 is 0 Å². The monoisotopic (exact) mass is 525 g/mol. The van der Waals surface area contributed by atoms with E-state index in [0.29, 0.717) is 39.3 Å². The lowest BCUT2D eigenvalue weighted by Gasteiger charge is -2.28. The number of unbranched alkanes of at least 4 members (excludes halogenated alkanes) is 1. The summed E-state index contributed by atoms with van der Waals surface area (Å²) in [6.07, 6.45) is 5.36.